The first-order valence-corrected chi connectivity index (χ1v) is 9.48. The number of imidazole rings is 1. The summed E-state index contributed by atoms with van der Waals surface area (Å²) in [6.45, 7) is 4.28. The summed E-state index contributed by atoms with van der Waals surface area (Å²) >= 11 is 1.36. The quantitative estimate of drug-likeness (QED) is 0.598. The molecule has 1 atom stereocenters. The lowest BCUT2D eigenvalue weighted by Crippen LogP contribution is -2.50. The molecule has 7 heteroatoms. The van der Waals surface area contributed by atoms with E-state index in [9.17, 15) is 9.59 Å². The van der Waals surface area contributed by atoms with Crippen LogP contribution in [-0.2, 0) is 11.2 Å². The molecular formula is C19H22N4O2S. The monoisotopic (exact) mass is 370 g/mol. The van der Waals surface area contributed by atoms with Crippen LogP contribution in [0.2, 0.25) is 0 Å². The summed E-state index contributed by atoms with van der Waals surface area (Å²) in [7, 11) is 0. The molecule has 0 spiro atoms. The summed E-state index contributed by atoms with van der Waals surface area (Å²) in [6, 6.07) is 10.8. The fraction of sp³-hybridized carbons (Fsp3) is 0.316. The van der Waals surface area contributed by atoms with Crippen molar-refractivity contribution in [3.63, 3.8) is 0 Å². The van der Waals surface area contributed by atoms with Crippen LogP contribution in [0.5, 0.6) is 0 Å². The Bertz CT molecular complexity index is 853. The molecule has 3 rings (SSSR count). The van der Waals surface area contributed by atoms with E-state index in [0.29, 0.717) is 17.8 Å². The van der Waals surface area contributed by atoms with Crippen LogP contribution >= 0.6 is 11.3 Å². The van der Waals surface area contributed by atoms with Crippen LogP contribution in [0.15, 0.2) is 41.8 Å². The summed E-state index contributed by atoms with van der Waals surface area (Å²) in [4.78, 5) is 33.1. The largest absolute Gasteiger partial charge is 0.354 e. The first-order chi connectivity index (χ1) is 12.5. The number of para-hydroxylation sites is 2. The number of aromatic nitrogens is 2. The Labute approximate surface area is 156 Å². The summed E-state index contributed by atoms with van der Waals surface area (Å²) in [5.74, 6) is 0.424. The molecule has 2 heterocycles. The van der Waals surface area contributed by atoms with E-state index in [2.05, 4.69) is 20.6 Å². The van der Waals surface area contributed by atoms with Crippen LogP contribution in [0.4, 0.5) is 0 Å². The third kappa shape index (κ3) is 4.29. The van der Waals surface area contributed by atoms with E-state index in [1.807, 2.05) is 49.6 Å². The van der Waals surface area contributed by atoms with Crippen LogP contribution in [0.25, 0.3) is 11.0 Å². The third-order valence-corrected chi connectivity index (χ3v) is 4.95. The summed E-state index contributed by atoms with van der Waals surface area (Å²) in [6.07, 6.45) is 0.601. The first-order valence-electron chi connectivity index (χ1n) is 8.60. The SMILES string of the molecule is CC(C)[C@H](NC(=O)c1cccs1)C(=O)NCCc1nc2ccccc2[nH]1. The van der Waals surface area contributed by atoms with Crippen LogP contribution in [0.1, 0.15) is 29.3 Å². The zero-order valence-electron chi connectivity index (χ0n) is 14.8. The third-order valence-electron chi connectivity index (χ3n) is 4.08. The molecule has 0 bridgehead atoms. The topological polar surface area (TPSA) is 86.9 Å². The molecule has 0 fully saturated rings. The summed E-state index contributed by atoms with van der Waals surface area (Å²) < 4.78 is 0. The van der Waals surface area contributed by atoms with Crippen molar-refractivity contribution in [2.75, 3.05) is 6.54 Å². The van der Waals surface area contributed by atoms with Gasteiger partial charge in [-0.3, -0.25) is 9.59 Å². The standard InChI is InChI=1S/C19H22N4O2S/c1-12(2)17(23-18(24)15-8-5-11-26-15)19(25)20-10-9-16-21-13-6-3-4-7-14(13)22-16/h3-8,11-12,17H,9-10H2,1-2H3,(H,20,25)(H,21,22)(H,23,24)/t17-/m0/s1. The second kappa shape index (κ2) is 8.14. The average molecular weight is 370 g/mol. The van der Waals surface area contributed by atoms with Crippen LogP contribution in [-0.4, -0.2) is 34.4 Å². The number of aromatic amines is 1. The predicted octanol–water partition coefficient (Wildman–Crippen LogP) is 2.74. The van der Waals surface area contributed by atoms with Crippen molar-refractivity contribution in [2.24, 2.45) is 5.92 Å². The number of amides is 2. The van der Waals surface area contributed by atoms with Crippen molar-refractivity contribution in [1.29, 1.82) is 0 Å². The molecule has 0 aliphatic heterocycles. The zero-order valence-corrected chi connectivity index (χ0v) is 15.6. The lowest BCUT2D eigenvalue weighted by molar-refractivity contribution is -0.123. The Hall–Kier alpha value is -2.67. The molecule has 0 saturated heterocycles. The molecule has 6 nitrogen and oxygen atoms in total. The van der Waals surface area contributed by atoms with Crippen molar-refractivity contribution in [1.82, 2.24) is 20.6 Å². The van der Waals surface area contributed by atoms with E-state index < -0.39 is 6.04 Å². The van der Waals surface area contributed by atoms with Crippen LogP contribution in [0.3, 0.4) is 0 Å². The molecule has 0 radical (unpaired) electrons. The van der Waals surface area contributed by atoms with Crippen molar-refractivity contribution in [3.8, 4) is 0 Å². The van der Waals surface area contributed by atoms with Crippen LogP contribution < -0.4 is 10.6 Å². The van der Waals surface area contributed by atoms with Crippen molar-refractivity contribution in [2.45, 2.75) is 26.3 Å². The van der Waals surface area contributed by atoms with Gasteiger partial charge < -0.3 is 15.6 Å². The summed E-state index contributed by atoms with van der Waals surface area (Å²) in [5, 5.41) is 7.56. The van der Waals surface area contributed by atoms with Gasteiger partial charge in [-0.2, -0.15) is 0 Å². The Morgan fingerprint density at radius 2 is 2.00 bits per heavy atom. The highest BCUT2D eigenvalue weighted by Gasteiger charge is 2.24. The van der Waals surface area contributed by atoms with Gasteiger partial charge in [-0.25, -0.2) is 4.98 Å². The lowest BCUT2D eigenvalue weighted by Gasteiger charge is -2.21. The minimum atomic E-state index is -0.569. The molecule has 0 unspecified atom stereocenters. The zero-order chi connectivity index (χ0) is 18.5. The van der Waals surface area contributed by atoms with Gasteiger partial charge in [-0.05, 0) is 29.5 Å². The van der Waals surface area contributed by atoms with E-state index in [4.69, 9.17) is 0 Å². The molecule has 2 amide bonds. The van der Waals surface area contributed by atoms with Gasteiger partial charge in [0.25, 0.3) is 5.91 Å². The Balaban J connectivity index is 1.55. The van der Waals surface area contributed by atoms with Crippen molar-refractivity contribution >= 4 is 34.2 Å². The number of hydrogen-bond donors (Lipinski definition) is 3. The lowest BCUT2D eigenvalue weighted by atomic mass is 10.0. The van der Waals surface area contributed by atoms with Crippen LogP contribution in [0, 0.1) is 5.92 Å². The number of carbonyl (C=O) groups is 2. The number of rotatable bonds is 7. The molecule has 0 aliphatic carbocycles. The molecule has 136 valence electrons. The van der Waals surface area contributed by atoms with Gasteiger partial charge >= 0.3 is 0 Å². The second-order valence-electron chi connectivity index (χ2n) is 6.41. The van der Waals surface area contributed by atoms with E-state index in [0.717, 1.165) is 16.9 Å². The van der Waals surface area contributed by atoms with Gasteiger partial charge in [0, 0.05) is 13.0 Å². The number of H-pyrrole nitrogens is 1. The minimum absolute atomic E-state index is 0.00915. The fourth-order valence-corrected chi connectivity index (χ4v) is 3.32. The smallest absolute Gasteiger partial charge is 0.262 e. The van der Waals surface area contributed by atoms with E-state index in [1.165, 1.54) is 11.3 Å². The Kier molecular flexibility index (Phi) is 5.68. The molecular weight excluding hydrogens is 348 g/mol. The molecule has 0 aliphatic rings. The fourth-order valence-electron chi connectivity index (χ4n) is 2.69. The van der Waals surface area contributed by atoms with E-state index in [1.54, 1.807) is 6.07 Å². The maximum absolute atomic E-state index is 12.5. The molecule has 1 aromatic carbocycles. The molecule has 3 aromatic rings. The average Bonchev–Trinajstić information content (AvgIpc) is 3.28. The molecule has 26 heavy (non-hydrogen) atoms. The highest BCUT2D eigenvalue weighted by atomic mass is 32.1. The number of benzene rings is 1. The number of nitrogens with one attached hydrogen (secondary N) is 3. The van der Waals surface area contributed by atoms with Gasteiger partial charge in [0.1, 0.15) is 11.9 Å². The Morgan fingerprint density at radius 3 is 2.69 bits per heavy atom. The van der Waals surface area contributed by atoms with Gasteiger partial charge in [-0.15, -0.1) is 11.3 Å². The number of nitrogens with zero attached hydrogens (tertiary/aromatic N) is 1. The predicted molar refractivity (Wildman–Crippen MR) is 103 cm³/mol. The van der Waals surface area contributed by atoms with Gasteiger partial charge in [0.15, 0.2) is 0 Å². The maximum Gasteiger partial charge on any atom is 0.262 e. The number of hydrogen-bond acceptors (Lipinski definition) is 4. The van der Waals surface area contributed by atoms with E-state index in [-0.39, 0.29) is 17.7 Å². The Morgan fingerprint density at radius 1 is 1.19 bits per heavy atom. The number of carbonyl (C=O) groups excluding carboxylic acids is 2. The first kappa shape index (κ1) is 18.1. The highest BCUT2D eigenvalue weighted by molar-refractivity contribution is 7.12. The molecule has 0 saturated carbocycles. The number of thiophene rings is 1. The van der Waals surface area contributed by atoms with Crippen molar-refractivity contribution in [3.05, 3.63) is 52.5 Å². The van der Waals surface area contributed by atoms with Crippen molar-refractivity contribution < 1.29 is 9.59 Å². The second-order valence-corrected chi connectivity index (χ2v) is 7.36. The maximum atomic E-state index is 12.5. The van der Waals surface area contributed by atoms with Gasteiger partial charge in [0.05, 0.1) is 15.9 Å². The van der Waals surface area contributed by atoms with Gasteiger partial charge in [-0.1, -0.05) is 32.0 Å². The number of fused-ring (bicyclic) bond motifs is 1. The molecule has 3 N–H and O–H groups in total. The summed E-state index contributed by atoms with van der Waals surface area (Å²) in [5.41, 5.74) is 1.90. The van der Waals surface area contributed by atoms with Gasteiger partial charge in [0.2, 0.25) is 5.91 Å². The highest BCUT2D eigenvalue weighted by Crippen LogP contribution is 2.11. The minimum Gasteiger partial charge on any atom is -0.354 e. The van der Waals surface area contributed by atoms with E-state index >= 15 is 0 Å². The normalized spacial score (nSPS) is 12.3. The molecule has 2 aromatic heterocycles.